The van der Waals surface area contributed by atoms with Crippen molar-refractivity contribution in [3.63, 3.8) is 0 Å². The zero-order chi connectivity index (χ0) is 21.2. The third kappa shape index (κ3) is 5.78. The Morgan fingerprint density at radius 1 is 1.07 bits per heavy atom. The van der Waals surface area contributed by atoms with E-state index in [-0.39, 0.29) is 0 Å². The molecule has 1 aliphatic rings. The van der Waals surface area contributed by atoms with Crippen LogP contribution in [0.5, 0.6) is 11.5 Å². The molecule has 7 heteroatoms. The van der Waals surface area contributed by atoms with Crippen molar-refractivity contribution in [3.05, 3.63) is 48.2 Å². The normalized spacial score (nSPS) is 14.6. The summed E-state index contributed by atoms with van der Waals surface area (Å²) in [5.41, 5.74) is 1.23. The molecule has 1 aromatic carbocycles. The molecule has 0 amide bonds. The van der Waals surface area contributed by atoms with Gasteiger partial charge in [0.25, 0.3) is 0 Å². The van der Waals surface area contributed by atoms with Crippen LogP contribution in [0.15, 0.2) is 47.6 Å². The number of anilines is 1. The maximum absolute atomic E-state index is 5.40. The van der Waals surface area contributed by atoms with E-state index in [0.29, 0.717) is 0 Å². The van der Waals surface area contributed by atoms with Crippen LogP contribution in [0.2, 0.25) is 0 Å². The van der Waals surface area contributed by atoms with Crippen LogP contribution in [0.3, 0.4) is 0 Å². The van der Waals surface area contributed by atoms with E-state index in [1.54, 1.807) is 14.2 Å². The molecule has 1 aromatic heterocycles. The molecule has 0 spiro atoms. The predicted octanol–water partition coefficient (Wildman–Crippen LogP) is 2.82. The third-order valence-corrected chi connectivity index (χ3v) is 5.22. The number of pyridine rings is 1. The lowest BCUT2D eigenvalue weighted by atomic mass is 10.1. The molecular weight excluding hydrogens is 378 g/mol. The molecule has 0 aliphatic carbocycles. The molecule has 0 unspecified atom stereocenters. The number of guanidine groups is 1. The Morgan fingerprint density at radius 3 is 2.53 bits per heavy atom. The van der Waals surface area contributed by atoms with E-state index in [1.807, 2.05) is 30.5 Å². The van der Waals surface area contributed by atoms with Crippen LogP contribution in [0.25, 0.3) is 0 Å². The van der Waals surface area contributed by atoms with Crippen LogP contribution in [0.4, 0.5) is 5.82 Å². The van der Waals surface area contributed by atoms with Crippen molar-refractivity contribution in [2.24, 2.45) is 4.99 Å². The number of aryl methyl sites for hydroxylation is 1. The van der Waals surface area contributed by atoms with Gasteiger partial charge in [0.05, 0.1) is 14.2 Å². The van der Waals surface area contributed by atoms with Gasteiger partial charge in [0.1, 0.15) is 5.82 Å². The summed E-state index contributed by atoms with van der Waals surface area (Å²) in [7, 11) is 3.33. The number of aliphatic imine (C=N–C) groups is 1. The van der Waals surface area contributed by atoms with E-state index in [1.165, 1.54) is 5.56 Å². The molecule has 3 rings (SSSR count). The maximum atomic E-state index is 5.40. The van der Waals surface area contributed by atoms with Gasteiger partial charge in [-0.2, -0.15) is 0 Å². The molecule has 1 fully saturated rings. The van der Waals surface area contributed by atoms with Crippen molar-refractivity contribution in [3.8, 4) is 11.5 Å². The van der Waals surface area contributed by atoms with Gasteiger partial charge in [-0.25, -0.2) is 4.98 Å². The van der Waals surface area contributed by atoms with Crippen molar-refractivity contribution >= 4 is 11.8 Å². The quantitative estimate of drug-likeness (QED) is 0.409. The third-order valence-electron chi connectivity index (χ3n) is 5.22. The molecule has 30 heavy (non-hydrogen) atoms. The van der Waals surface area contributed by atoms with E-state index in [4.69, 9.17) is 14.5 Å². The number of nitrogens with one attached hydrogen (secondary N) is 1. The van der Waals surface area contributed by atoms with Crippen molar-refractivity contribution < 1.29 is 9.47 Å². The van der Waals surface area contributed by atoms with Gasteiger partial charge in [0.2, 0.25) is 0 Å². The summed E-state index contributed by atoms with van der Waals surface area (Å²) in [5, 5.41) is 3.44. The molecule has 0 atom stereocenters. The highest BCUT2D eigenvalue weighted by molar-refractivity contribution is 5.80. The molecule has 2 heterocycles. The molecule has 1 aliphatic heterocycles. The second kappa shape index (κ2) is 11.3. The van der Waals surface area contributed by atoms with E-state index in [2.05, 4.69) is 39.2 Å². The second-order valence-corrected chi connectivity index (χ2v) is 7.19. The van der Waals surface area contributed by atoms with Gasteiger partial charge in [0.15, 0.2) is 17.5 Å². The zero-order valence-corrected chi connectivity index (χ0v) is 18.3. The van der Waals surface area contributed by atoms with E-state index in [9.17, 15) is 0 Å². The van der Waals surface area contributed by atoms with Crippen LogP contribution < -0.4 is 19.7 Å². The fourth-order valence-corrected chi connectivity index (χ4v) is 3.62. The standard InChI is InChI=1S/C23H33N5O2/c1-4-24-23(28-16-14-27(15-17-28)22-9-5-6-12-25-22)26-13-7-8-19-10-11-20(29-2)21(18-19)30-3/h5-6,9-12,18H,4,7-8,13-17H2,1-3H3,(H,24,26). The average Bonchev–Trinajstić information content (AvgIpc) is 2.81. The Balaban J connectivity index is 1.51. The minimum atomic E-state index is 0.763. The summed E-state index contributed by atoms with van der Waals surface area (Å²) in [4.78, 5) is 14.0. The first kappa shape index (κ1) is 21.7. The highest BCUT2D eigenvalue weighted by Gasteiger charge is 2.20. The summed E-state index contributed by atoms with van der Waals surface area (Å²) in [6.07, 6.45) is 3.79. The van der Waals surface area contributed by atoms with Gasteiger partial charge < -0.3 is 24.6 Å². The van der Waals surface area contributed by atoms with Crippen molar-refractivity contribution in [2.45, 2.75) is 19.8 Å². The number of methoxy groups -OCH3 is 2. The molecule has 1 saturated heterocycles. The molecule has 1 N–H and O–H groups in total. The van der Waals surface area contributed by atoms with Gasteiger partial charge in [-0.1, -0.05) is 12.1 Å². The zero-order valence-electron chi connectivity index (χ0n) is 18.3. The Kier molecular flexibility index (Phi) is 8.18. The number of hydrogen-bond acceptors (Lipinski definition) is 5. The largest absolute Gasteiger partial charge is 0.493 e. The first-order chi connectivity index (χ1) is 14.7. The minimum absolute atomic E-state index is 0.763. The second-order valence-electron chi connectivity index (χ2n) is 7.19. The number of piperazine rings is 1. The van der Waals surface area contributed by atoms with Crippen LogP contribution >= 0.6 is 0 Å². The number of rotatable bonds is 8. The number of aromatic nitrogens is 1. The van der Waals surface area contributed by atoms with Gasteiger partial charge in [-0.15, -0.1) is 0 Å². The molecule has 162 valence electrons. The maximum Gasteiger partial charge on any atom is 0.194 e. The van der Waals surface area contributed by atoms with Crippen LogP contribution in [-0.4, -0.2) is 69.3 Å². The van der Waals surface area contributed by atoms with Crippen molar-refractivity contribution in [1.29, 1.82) is 0 Å². The first-order valence-corrected chi connectivity index (χ1v) is 10.6. The monoisotopic (exact) mass is 411 g/mol. The summed E-state index contributed by atoms with van der Waals surface area (Å²) in [6.45, 7) is 7.56. The molecule has 0 bridgehead atoms. The smallest absolute Gasteiger partial charge is 0.194 e. The molecular formula is C23H33N5O2. The summed E-state index contributed by atoms with van der Waals surface area (Å²) in [6, 6.07) is 12.2. The van der Waals surface area contributed by atoms with Crippen molar-refractivity contribution in [2.75, 3.05) is 58.4 Å². The van der Waals surface area contributed by atoms with E-state index >= 15 is 0 Å². The Hall–Kier alpha value is -2.96. The van der Waals surface area contributed by atoms with Gasteiger partial charge in [-0.3, -0.25) is 4.99 Å². The number of benzene rings is 1. The van der Waals surface area contributed by atoms with Crippen LogP contribution in [0, 0.1) is 0 Å². The van der Waals surface area contributed by atoms with Crippen molar-refractivity contribution in [1.82, 2.24) is 15.2 Å². The minimum Gasteiger partial charge on any atom is -0.493 e. The molecule has 0 radical (unpaired) electrons. The summed E-state index contributed by atoms with van der Waals surface area (Å²) >= 11 is 0. The Bertz CT molecular complexity index is 804. The van der Waals surface area contributed by atoms with Gasteiger partial charge in [-0.05, 0) is 49.6 Å². The summed E-state index contributed by atoms with van der Waals surface area (Å²) in [5.74, 6) is 3.59. The topological polar surface area (TPSA) is 62.2 Å². The predicted molar refractivity (Wildman–Crippen MR) is 122 cm³/mol. The molecule has 7 nitrogen and oxygen atoms in total. The van der Waals surface area contributed by atoms with Gasteiger partial charge >= 0.3 is 0 Å². The highest BCUT2D eigenvalue weighted by Crippen LogP contribution is 2.27. The van der Waals surface area contributed by atoms with E-state index in [0.717, 1.165) is 75.4 Å². The fourth-order valence-electron chi connectivity index (χ4n) is 3.62. The molecule has 0 saturated carbocycles. The number of nitrogens with zero attached hydrogens (tertiary/aromatic N) is 4. The SMILES string of the molecule is CCNC(=NCCCc1ccc(OC)c(OC)c1)N1CCN(c2ccccn2)CC1. The Labute approximate surface area is 179 Å². The molecule has 2 aromatic rings. The lowest BCUT2D eigenvalue weighted by Crippen LogP contribution is -2.52. The fraction of sp³-hybridized carbons (Fsp3) is 0.478. The number of hydrogen-bond donors (Lipinski definition) is 1. The van der Waals surface area contributed by atoms with E-state index < -0.39 is 0 Å². The summed E-state index contributed by atoms with van der Waals surface area (Å²) < 4.78 is 10.7. The Morgan fingerprint density at radius 2 is 1.87 bits per heavy atom. The lowest BCUT2D eigenvalue weighted by molar-refractivity contribution is 0.354. The van der Waals surface area contributed by atoms with Crippen LogP contribution in [-0.2, 0) is 6.42 Å². The highest BCUT2D eigenvalue weighted by atomic mass is 16.5. The van der Waals surface area contributed by atoms with Crippen LogP contribution in [0.1, 0.15) is 18.9 Å². The average molecular weight is 412 g/mol. The lowest BCUT2D eigenvalue weighted by Gasteiger charge is -2.37. The first-order valence-electron chi connectivity index (χ1n) is 10.6. The van der Waals surface area contributed by atoms with Gasteiger partial charge in [0, 0.05) is 45.5 Å². The number of ether oxygens (including phenoxy) is 2.